The summed E-state index contributed by atoms with van der Waals surface area (Å²) >= 11 is 0. The molecule has 0 radical (unpaired) electrons. The summed E-state index contributed by atoms with van der Waals surface area (Å²) in [5.41, 5.74) is 7.87. The van der Waals surface area contributed by atoms with Crippen LogP contribution in [0.4, 0.5) is 4.39 Å². The third-order valence-electron chi connectivity index (χ3n) is 7.42. The van der Waals surface area contributed by atoms with E-state index >= 15 is 0 Å². The van der Waals surface area contributed by atoms with Crippen molar-refractivity contribution in [3.05, 3.63) is 71.5 Å². The Kier molecular flexibility index (Phi) is 9.29. The van der Waals surface area contributed by atoms with Crippen LogP contribution >= 0.6 is 0 Å². The molecular formula is C29H35FN4O5. The summed E-state index contributed by atoms with van der Waals surface area (Å²) in [6, 6.07) is 12.1. The number of carboxylic acid groups (broad SMARTS) is 1. The van der Waals surface area contributed by atoms with Crippen molar-refractivity contribution in [1.29, 1.82) is 0 Å². The fraction of sp³-hybridized carbons (Fsp3) is 0.448. The molecule has 0 saturated carbocycles. The second-order valence-electron chi connectivity index (χ2n) is 10.3. The lowest BCUT2D eigenvalue weighted by atomic mass is 10.0. The summed E-state index contributed by atoms with van der Waals surface area (Å²) in [5, 5.41) is 12.3. The van der Waals surface area contributed by atoms with Crippen molar-refractivity contribution >= 4 is 23.7 Å². The molecule has 2 aliphatic heterocycles. The van der Waals surface area contributed by atoms with E-state index < -0.39 is 47.8 Å². The Balaban J connectivity index is 1.48. The number of likely N-dealkylation sites (tertiary alicyclic amines) is 2. The Labute approximate surface area is 227 Å². The number of nitrogens with zero attached hydrogens (tertiary/aromatic N) is 2. The van der Waals surface area contributed by atoms with Crippen LogP contribution in [-0.2, 0) is 32.0 Å². The summed E-state index contributed by atoms with van der Waals surface area (Å²) in [6.45, 7) is 0.660. The van der Waals surface area contributed by atoms with E-state index in [2.05, 4.69) is 5.32 Å². The SMILES string of the molecule is N[C@H](CC(=O)N[C@@H](Cc1ccc(F)cc1)C(=O)N1CCC[C@H]1C(=O)N1CCC[C@H]1C(=O)O)Cc1ccccc1. The van der Waals surface area contributed by atoms with Gasteiger partial charge in [-0.2, -0.15) is 0 Å². The minimum atomic E-state index is -1.05. The van der Waals surface area contributed by atoms with Gasteiger partial charge in [-0.25, -0.2) is 9.18 Å². The molecule has 2 saturated heterocycles. The molecule has 0 unspecified atom stereocenters. The molecule has 2 aromatic carbocycles. The number of halogens is 1. The summed E-state index contributed by atoms with van der Waals surface area (Å²) < 4.78 is 13.5. The zero-order chi connectivity index (χ0) is 27.9. The Morgan fingerprint density at radius 1 is 0.897 bits per heavy atom. The highest BCUT2D eigenvalue weighted by molar-refractivity contribution is 5.94. The van der Waals surface area contributed by atoms with Gasteiger partial charge in [-0.05, 0) is 55.4 Å². The molecule has 0 spiro atoms. The normalized spacial score (nSPS) is 20.5. The lowest BCUT2D eigenvalue weighted by Crippen LogP contribution is -2.56. The Morgan fingerprint density at radius 2 is 1.51 bits per heavy atom. The smallest absolute Gasteiger partial charge is 0.326 e. The maximum Gasteiger partial charge on any atom is 0.326 e. The fourth-order valence-corrected chi connectivity index (χ4v) is 5.50. The number of carbonyl (C=O) groups is 4. The molecule has 9 nitrogen and oxygen atoms in total. The average molecular weight is 539 g/mol. The molecule has 4 rings (SSSR count). The van der Waals surface area contributed by atoms with Crippen LogP contribution in [0, 0.1) is 5.82 Å². The van der Waals surface area contributed by atoms with Gasteiger partial charge in [-0.3, -0.25) is 14.4 Å². The van der Waals surface area contributed by atoms with Crippen LogP contribution in [0.2, 0.25) is 0 Å². The van der Waals surface area contributed by atoms with Gasteiger partial charge in [0.05, 0.1) is 0 Å². The predicted molar refractivity (Wildman–Crippen MR) is 142 cm³/mol. The molecule has 0 aromatic heterocycles. The van der Waals surface area contributed by atoms with E-state index in [9.17, 15) is 28.7 Å². The van der Waals surface area contributed by atoms with E-state index in [0.717, 1.165) is 5.56 Å². The summed E-state index contributed by atoms with van der Waals surface area (Å²) in [7, 11) is 0. The molecule has 10 heteroatoms. The van der Waals surface area contributed by atoms with Crippen molar-refractivity contribution in [2.45, 2.75) is 69.1 Å². The number of benzene rings is 2. The van der Waals surface area contributed by atoms with Crippen molar-refractivity contribution in [3.8, 4) is 0 Å². The first-order chi connectivity index (χ1) is 18.7. The molecule has 2 heterocycles. The van der Waals surface area contributed by atoms with Crippen molar-refractivity contribution in [2.75, 3.05) is 13.1 Å². The van der Waals surface area contributed by atoms with Crippen molar-refractivity contribution in [2.24, 2.45) is 5.73 Å². The molecular weight excluding hydrogens is 503 g/mol. The fourth-order valence-electron chi connectivity index (χ4n) is 5.50. The number of rotatable bonds is 10. The highest BCUT2D eigenvalue weighted by Gasteiger charge is 2.43. The van der Waals surface area contributed by atoms with Crippen LogP contribution in [0.1, 0.15) is 43.2 Å². The average Bonchev–Trinajstić information content (AvgIpc) is 3.60. The highest BCUT2D eigenvalue weighted by Crippen LogP contribution is 2.26. The summed E-state index contributed by atoms with van der Waals surface area (Å²) in [5.74, 6) is -2.66. The van der Waals surface area contributed by atoms with E-state index in [1.807, 2.05) is 30.3 Å². The van der Waals surface area contributed by atoms with Gasteiger partial charge in [0.15, 0.2) is 0 Å². The van der Waals surface area contributed by atoms with Crippen LogP contribution in [-0.4, -0.2) is 75.9 Å². The minimum Gasteiger partial charge on any atom is -0.480 e. The molecule has 0 aliphatic carbocycles. The maximum atomic E-state index is 13.8. The number of nitrogens with one attached hydrogen (secondary N) is 1. The number of nitrogens with two attached hydrogens (primary N) is 1. The number of carboxylic acids is 1. The predicted octanol–water partition coefficient (Wildman–Crippen LogP) is 1.88. The highest BCUT2D eigenvalue weighted by atomic mass is 19.1. The van der Waals surface area contributed by atoms with Gasteiger partial charge in [0.2, 0.25) is 17.7 Å². The van der Waals surface area contributed by atoms with E-state index in [1.165, 1.54) is 21.9 Å². The quantitative estimate of drug-likeness (QED) is 0.423. The number of hydrogen-bond acceptors (Lipinski definition) is 5. The third kappa shape index (κ3) is 7.20. The van der Waals surface area contributed by atoms with E-state index in [4.69, 9.17) is 5.73 Å². The summed E-state index contributed by atoms with van der Waals surface area (Å²) in [6.07, 6.45) is 2.59. The second kappa shape index (κ2) is 12.8. The molecule has 4 N–H and O–H groups in total. The van der Waals surface area contributed by atoms with Crippen molar-refractivity contribution in [3.63, 3.8) is 0 Å². The lowest BCUT2D eigenvalue weighted by molar-refractivity contribution is -0.152. The van der Waals surface area contributed by atoms with Gasteiger partial charge in [-0.15, -0.1) is 0 Å². The minimum absolute atomic E-state index is 0.00147. The molecule has 3 amide bonds. The molecule has 39 heavy (non-hydrogen) atoms. The number of aliphatic carboxylic acids is 1. The zero-order valence-electron chi connectivity index (χ0n) is 21.8. The van der Waals surface area contributed by atoms with Gasteiger partial charge in [0, 0.05) is 32.0 Å². The topological polar surface area (TPSA) is 133 Å². The van der Waals surface area contributed by atoms with Gasteiger partial charge in [0.25, 0.3) is 0 Å². The maximum absolute atomic E-state index is 13.8. The lowest BCUT2D eigenvalue weighted by Gasteiger charge is -2.32. The van der Waals surface area contributed by atoms with Crippen LogP contribution in [0.5, 0.6) is 0 Å². The van der Waals surface area contributed by atoms with Gasteiger partial charge in [-0.1, -0.05) is 42.5 Å². The molecule has 208 valence electrons. The standard InChI is InChI=1S/C29H35FN4O5/c30-21-12-10-20(11-13-21)17-23(32-26(35)18-22(31)16-19-6-2-1-3-7-19)27(36)33-14-4-8-24(33)28(37)34-15-5-9-25(34)29(38)39/h1-3,6-7,10-13,22-25H,4-5,8-9,14-18,31H2,(H,32,35)(H,38,39)/t22-,23-,24-,25-/m0/s1. The van der Waals surface area contributed by atoms with Crippen molar-refractivity contribution < 1.29 is 28.7 Å². The van der Waals surface area contributed by atoms with Gasteiger partial charge >= 0.3 is 5.97 Å². The number of carbonyl (C=O) groups excluding carboxylic acids is 3. The Hall–Kier alpha value is -3.79. The molecule has 2 fully saturated rings. The molecule has 2 aromatic rings. The first kappa shape index (κ1) is 28.2. The monoisotopic (exact) mass is 538 g/mol. The first-order valence-corrected chi connectivity index (χ1v) is 13.4. The van der Waals surface area contributed by atoms with Crippen molar-refractivity contribution in [1.82, 2.24) is 15.1 Å². The number of hydrogen-bond donors (Lipinski definition) is 3. The largest absolute Gasteiger partial charge is 0.480 e. The second-order valence-corrected chi connectivity index (χ2v) is 10.3. The Bertz CT molecular complexity index is 1180. The van der Waals surface area contributed by atoms with E-state index in [1.54, 1.807) is 12.1 Å². The van der Waals surface area contributed by atoms with Gasteiger partial charge < -0.3 is 26.0 Å². The molecule has 0 bridgehead atoms. The number of amides is 3. The van der Waals surface area contributed by atoms with Gasteiger partial charge in [0.1, 0.15) is 23.9 Å². The van der Waals surface area contributed by atoms with Crippen LogP contribution < -0.4 is 11.1 Å². The first-order valence-electron chi connectivity index (χ1n) is 13.4. The van der Waals surface area contributed by atoms with Crippen LogP contribution in [0.3, 0.4) is 0 Å². The van der Waals surface area contributed by atoms with E-state index in [-0.39, 0.29) is 18.7 Å². The van der Waals surface area contributed by atoms with E-state index in [0.29, 0.717) is 50.8 Å². The molecule has 4 atom stereocenters. The van der Waals surface area contributed by atoms with Crippen LogP contribution in [0.25, 0.3) is 0 Å². The zero-order valence-corrected chi connectivity index (χ0v) is 21.8. The third-order valence-corrected chi connectivity index (χ3v) is 7.42. The van der Waals surface area contributed by atoms with Crippen LogP contribution in [0.15, 0.2) is 54.6 Å². The Morgan fingerprint density at radius 3 is 2.18 bits per heavy atom. The summed E-state index contributed by atoms with van der Waals surface area (Å²) in [4.78, 5) is 54.6. The molecule has 2 aliphatic rings.